The molecule has 1 heterocycles. The van der Waals surface area contributed by atoms with Crippen LogP contribution in [0.3, 0.4) is 0 Å². The van der Waals surface area contributed by atoms with Gasteiger partial charge in [0.2, 0.25) is 10.0 Å². The van der Waals surface area contributed by atoms with Gasteiger partial charge in [0.25, 0.3) is 0 Å². The highest BCUT2D eigenvalue weighted by Gasteiger charge is 2.16. The Hall–Kier alpha value is -1.90. The van der Waals surface area contributed by atoms with Crippen molar-refractivity contribution in [1.82, 2.24) is 4.31 Å². The van der Waals surface area contributed by atoms with Gasteiger partial charge in [0, 0.05) is 14.1 Å². The average Bonchev–Trinajstić information content (AvgIpc) is 2.98. The van der Waals surface area contributed by atoms with Gasteiger partial charge < -0.3 is 9.47 Å². The minimum absolute atomic E-state index is 0.119. The third-order valence-electron chi connectivity index (χ3n) is 3.24. The van der Waals surface area contributed by atoms with Crippen molar-refractivity contribution in [3.63, 3.8) is 0 Å². The lowest BCUT2D eigenvalue weighted by Gasteiger charge is -2.12. The Morgan fingerprint density at radius 3 is 2.33 bits per heavy atom. The summed E-state index contributed by atoms with van der Waals surface area (Å²) in [6, 6.07) is 7.96. The van der Waals surface area contributed by atoms with Gasteiger partial charge in [0.05, 0.1) is 4.90 Å². The fourth-order valence-electron chi connectivity index (χ4n) is 1.86. The highest BCUT2D eigenvalue weighted by Crippen LogP contribution is 2.18. The molecule has 0 aliphatic rings. The second kappa shape index (κ2) is 7.78. The maximum absolute atomic E-state index is 11.9. The Labute approximate surface area is 145 Å². The van der Waals surface area contributed by atoms with Gasteiger partial charge in [-0.1, -0.05) is 0 Å². The van der Waals surface area contributed by atoms with Gasteiger partial charge in [0.1, 0.15) is 23.8 Å². The van der Waals surface area contributed by atoms with Crippen molar-refractivity contribution in [2.75, 3.05) is 27.3 Å². The molecule has 6 nitrogen and oxygen atoms in total. The molecule has 24 heavy (non-hydrogen) atoms. The van der Waals surface area contributed by atoms with E-state index in [0.717, 1.165) is 9.87 Å². The molecule has 0 aliphatic carbocycles. The van der Waals surface area contributed by atoms with Crippen LogP contribution in [0.15, 0.2) is 40.6 Å². The van der Waals surface area contributed by atoms with Crippen LogP contribution in [0.5, 0.6) is 5.75 Å². The van der Waals surface area contributed by atoms with Crippen LogP contribution in [0.1, 0.15) is 15.2 Å². The van der Waals surface area contributed by atoms with Crippen molar-refractivity contribution in [3.05, 3.63) is 46.2 Å². The topological polar surface area (TPSA) is 72.9 Å². The predicted molar refractivity (Wildman–Crippen MR) is 92.1 cm³/mol. The van der Waals surface area contributed by atoms with Crippen LogP contribution in [0.4, 0.5) is 0 Å². The first-order chi connectivity index (χ1) is 11.3. The van der Waals surface area contributed by atoms with Crippen LogP contribution in [0.25, 0.3) is 0 Å². The van der Waals surface area contributed by atoms with Crippen molar-refractivity contribution >= 4 is 27.3 Å². The Bertz CT molecular complexity index is 794. The first-order valence-corrected chi connectivity index (χ1v) is 9.51. The number of thiophene rings is 1. The van der Waals surface area contributed by atoms with E-state index < -0.39 is 10.0 Å². The van der Waals surface area contributed by atoms with Gasteiger partial charge in [-0.2, -0.15) is 0 Å². The average molecular weight is 369 g/mol. The molecule has 8 heteroatoms. The highest BCUT2D eigenvalue weighted by molar-refractivity contribution is 7.89. The van der Waals surface area contributed by atoms with Crippen molar-refractivity contribution in [1.29, 1.82) is 0 Å². The summed E-state index contributed by atoms with van der Waals surface area (Å²) < 4.78 is 35.6. The predicted octanol–water partition coefficient (Wildman–Crippen LogP) is 2.54. The van der Waals surface area contributed by atoms with Gasteiger partial charge in [0.15, 0.2) is 0 Å². The summed E-state index contributed by atoms with van der Waals surface area (Å²) in [6.07, 6.45) is 0. The van der Waals surface area contributed by atoms with E-state index >= 15 is 0 Å². The lowest BCUT2D eigenvalue weighted by molar-refractivity contribution is 0.0455. The van der Waals surface area contributed by atoms with Crippen molar-refractivity contribution in [3.8, 4) is 5.75 Å². The summed E-state index contributed by atoms with van der Waals surface area (Å²) >= 11 is 1.34. The van der Waals surface area contributed by atoms with Crippen LogP contribution in [-0.4, -0.2) is 46.0 Å². The number of benzene rings is 1. The monoisotopic (exact) mass is 369 g/mol. The largest absolute Gasteiger partial charge is 0.490 e. The molecule has 0 unspecified atom stereocenters. The molecule has 2 rings (SSSR count). The molecular formula is C16H19NO5S2. The first-order valence-electron chi connectivity index (χ1n) is 7.19. The second-order valence-electron chi connectivity index (χ2n) is 5.18. The van der Waals surface area contributed by atoms with E-state index in [1.165, 1.54) is 37.6 Å². The summed E-state index contributed by atoms with van der Waals surface area (Å²) in [5.74, 6) is 0.148. The number of esters is 1. The number of rotatable bonds is 7. The Morgan fingerprint density at radius 1 is 1.12 bits per heavy atom. The smallest absolute Gasteiger partial charge is 0.348 e. The third kappa shape index (κ3) is 4.34. The molecule has 0 saturated heterocycles. The van der Waals surface area contributed by atoms with E-state index in [9.17, 15) is 13.2 Å². The second-order valence-corrected chi connectivity index (χ2v) is 8.24. The first kappa shape index (κ1) is 18.4. The number of aryl methyl sites for hydroxylation is 1. The highest BCUT2D eigenvalue weighted by atomic mass is 32.2. The molecular weight excluding hydrogens is 350 g/mol. The SMILES string of the molecule is Cc1ccsc1C(=O)OCCOc1ccc(S(=O)(=O)N(C)C)cc1. The Kier molecular flexibility index (Phi) is 5.98. The fourth-order valence-corrected chi connectivity index (χ4v) is 3.58. The minimum Gasteiger partial charge on any atom is -0.490 e. The van der Waals surface area contributed by atoms with Crippen molar-refractivity contribution in [2.45, 2.75) is 11.8 Å². The summed E-state index contributed by atoms with van der Waals surface area (Å²) in [5.41, 5.74) is 0.892. The zero-order valence-corrected chi connectivity index (χ0v) is 15.3. The molecule has 130 valence electrons. The van der Waals surface area contributed by atoms with E-state index in [2.05, 4.69) is 0 Å². The number of hydrogen-bond acceptors (Lipinski definition) is 6. The lowest BCUT2D eigenvalue weighted by atomic mass is 10.3. The van der Waals surface area contributed by atoms with E-state index in [-0.39, 0.29) is 24.1 Å². The quantitative estimate of drug-likeness (QED) is 0.554. The molecule has 0 N–H and O–H groups in total. The van der Waals surface area contributed by atoms with Gasteiger partial charge >= 0.3 is 5.97 Å². The summed E-state index contributed by atoms with van der Waals surface area (Å²) in [5, 5.41) is 1.84. The molecule has 1 aromatic heterocycles. The van der Waals surface area contributed by atoms with Gasteiger partial charge in [-0.3, -0.25) is 0 Å². The molecule has 0 spiro atoms. The van der Waals surface area contributed by atoms with E-state index in [1.54, 1.807) is 12.1 Å². The molecule has 0 atom stereocenters. The molecule has 0 fully saturated rings. The summed E-state index contributed by atoms with van der Waals surface area (Å²) in [6.45, 7) is 2.16. The number of ether oxygens (including phenoxy) is 2. The molecule has 1 aromatic carbocycles. The molecule has 0 saturated carbocycles. The maximum atomic E-state index is 11.9. The van der Waals surface area contributed by atoms with E-state index in [4.69, 9.17) is 9.47 Å². The normalized spacial score (nSPS) is 11.5. The lowest BCUT2D eigenvalue weighted by Crippen LogP contribution is -2.22. The fraction of sp³-hybridized carbons (Fsp3) is 0.312. The summed E-state index contributed by atoms with van der Waals surface area (Å²) in [7, 11) is -0.498. The van der Waals surface area contributed by atoms with Gasteiger partial charge in [-0.15, -0.1) is 11.3 Å². The molecule has 0 aliphatic heterocycles. The van der Waals surface area contributed by atoms with Crippen LogP contribution < -0.4 is 4.74 Å². The van der Waals surface area contributed by atoms with Crippen LogP contribution in [-0.2, 0) is 14.8 Å². The minimum atomic E-state index is -3.45. The molecule has 0 radical (unpaired) electrons. The number of carbonyl (C=O) groups excluding carboxylic acids is 1. The number of carbonyl (C=O) groups is 1. The maximum Gasteiger partial charge on any atom is 0.348 e. The van der Waals surface area contributed by atoms with Crippen LogP contribution in [0, 0.1) is 6.92 Å². The van der Waals surface area contributed by atoms with Gasteiger partial charge in [-0.25, -0.2) is 17.5 Å². The zero-order chi connectivity index (χ0) is 17.7. The summed E-state index contributed by atoms with van der Waals surface area (Å²) in [4.78, 5) is 12.6. The Morgan fingerprint density at radius 2 is 1.79 bits per heavy atom. The number of sulfonamides is 1. The van der Waals surface area contributed by atoms with Crippen LogP contribution >= 0.6 is 11.3 Å². The van der Waals surface area contributed by atoms with E-state index in [0.29, 0.717) is 10.6 Å². The number of hydrogen-bond donors (Lipinski definition) is 0. The molecule has 2 aromatic rings. The molecule has 0 amide bonds. The number of nitrogens with zero attached hydrogens (tertiary/aromatic N) is 1. The van der Waals surface area contributed by atoms with Crippen LogP contribution in [0.2, 0.25) is 0 Å². The van der Waals surface area contributed by atoms with Crippen molar-refractivity contribution < 1.29 is 22.7 Å². The standard InChI is InChI=1S/C16H19NO5S2/c1-12-8-11-23-15(12)16(18)22-10-9-21-13-4-6-14(7-5-13)24(19,20)17(2)3/h4-8,11H,9-10H2,1-3H3. The van der Waals surface area contributed by atoms with E-state index in [1.807, 2.05) is 18.4 Å². The zero-order valence-electron chi connectivity index (χ0n) is 13.7. The Balaban J connectivity index is 1.83. The third-order valence-corrected chi connectivity index (χ3v) is 6.06. The molecule has 0 bridgehead atoms. The van der Waals surface area contributed by atoms with Gasteiger partial charge in [-0.05, 0) is 48.2 Å². The van der Waals surface area contributed by atoms with Crippen molar-refractivity contribution in [2.24, 2.45) is 0 Å².